The number of aliphatic hydroxyl groups excluding tert-OH is 1. The van der Waals surface area contributed by atoms with Crippen molar-refractivity contribution < 1.29 is 9.50 Å². The average Bonchev–Trinajstić information content (AvgIpc) is 2.67. The number of halogens is 1. The lowest BCUT2D eigenvalue weighted by Gasteiger charge is -2.31. The van der Waals surface area contributed by atoms with Gasteiger partial charge in [-0.25, -0.2) is 4.39 Å². The van der Waals surface area contributed by atoms with Gasteiger partial charge >= 0.3 is 0 Å². The predicted octanol–water partition coefficient (Wildman–Crippen LogP) is 1.36. The number of nitrogen functional groups attached to an aromatic ring is 1. The zero-order valence-corrected chi connectivity index (χ0v) is 9.62. The minimum atomic E-state index is -0.442. The zero-order chi connectivity index (χ0) is 12.7. The van der Waals surface area contributed by atoms with E-state index in [1.807, 2.05) is 0 Å². The first-order chi connectivity index (χ1) is 8.65. The summed E-state index contributed by atoms with van der Waals surface area (Å²) in [6, 6.07) is 2.99. The molecule has 0 radical (unpaired) electrons. The first-order valence-corrected chi connectivity index (χ1v) is 5.78. The number of hydrogen-bond acceptors (Lipinski definition) is 4. The van der Waals surface area contributed by atoms with E-state index < -0.39 is 5.82 Å². The molecule has 0 spiro atoms. The Morgan fingerprint density at radius 3 is 2.83 bits per heavy atom. The van der Waals surface area contributed by atoms with Gasteiger partial charge in [-0.3, -0.25) is 9.67 Å². The molecule has 0 amide bonds. The summed E-state index contributed by atoms with van der Waals surface area (Å²) in [5.41, 5.74) is 6.76. The smallest absolute Gasteiger partial charge is 0.151 e. The van der Waals surface area contributed by atoms with Crippen molar-refractivity contribution in [2.45, 2.75) is 25.0 Å². The molecule has 1 aliphatic rings. The van der Waals surface area contributed by atoms with E-state index in [2.05, 4.69) is 10.1 Å². The van der Waals surface area contributed by atoms with Gasteiger partial charge in [-0.1, -0.05) is 0 Å². The zero-order valence-electron chi connectivity index (χ0n) is 9.62. The van der Waals surface area contributed by atoms with Gasteiger partial charge in [0.1, 0.15) is 11.4 Å². The second-order valence-corrected chi connectivity index (χ2v) is 4.53. The Kier molecular flexibility index (Phi) is 2.52. The van der Waals surface area contributed by atoms with Crippen LogP contribution in [0.15, 0.2) is 24.5 Å². The van der Waals surface area contributed by atoms with Crippen LogP contribution >= 0.6 is 0 Å². The van der Waals surface area contributed by atoms with Gasteiger partial charge in [0.15, 0.2) is 5.82 Å². The van der Waals surface area contributed by atoms with Crippen molar-refractivity contribution in [2.24, 2.45) is 0 Å². The number of rotatable bonds is 2. The molecule has 5 nitrogen and oxygen atoms in total. The Balaban J connectivity index is 1.96. The van der Waals surface area contributed by atoms with Crippen LogP contribution in [0.1, 0.15) is 18.9 Å². The SMILES string of the molecule is Nc1cn(C2CC(O)C2)nc1-c1ncccc1F. The van der Waals surface area contributed by atoms with Crippen molar-refractivity contribution in [3.63, 3.8) is 0 Å². The summed E-state index contributed by atoms with van der Waals surface area (Å²) in [6.07, 6.45) is 4.22. The van der Waals surface area contributed by atoms with Crippen molar-refractivity contribution >= 4 is 5.69 Å². The second kappa shape index (κ2) is 4.06. The van der Waals surface area contributed by atoms with Crippen LogP contribution in [0, 0.1) is 5.82 Å². The van der Waals surface area contributed by atoms with E-state index in [1.165, 1.54) is 18.3 Å². The lowest BCUT2D eigenvalue weighted by Crippen LogP contribution is -2.31. The molecular weight excluding hydrogens is 235 g/mol. The molecule has 0 unspecified atom stereocenters. The number of anilines is 1. The maximum atomic E-state index is 13.6. The van der Waals surface area contributed by atoms with Crippen LogP contribution < -0.4 is 5.73 Å². The van der Waals surface area contributed by atoms with E-state index in [-0.39, 0.29) is 17.8 Å². The van der Waals surface area contributed by atoms with Gasteiger partial charge in [-0.05, 0) is 25.0 Å². The number of aromatic nitrogens is 3. The van der Waals surface area contributed by atoms with Crippen LogP contribution in [0.3, 0.4) is 0 Å². The van der Waals surface area contributed by atoms with Crippen molar-refractivity contribution in [3.8, 4) is 11.4 Å². The Morgan fingerprint density at radius 1 is 1.39 bits per heavy atom. The van der Waals surface area contributed by atoms with Crippen LogP contribution in [0.25, 0.3) is 11.4 Å². The molecule has 6 heteroatoms. The number of aliphatic hydroxyl groups is 1. The Labute approximate surface area is 103 Å². The summed E-state index contributed by atoms with van der Waals surface area (Å²) >= 11 is 0. The Bertz CT molecular complexity index is 577. The molecule has 0 saturated heterocycles. The maximum absolute atomic E-state index is 13.6. The summed E-state index contributed by atoms with van der Waals surface area (Å²) in [4.78, 5) is 3.96. The second-order valence-electron chi connectivity index (χ2n) is 4.53. The van der Waals surface area contributed by atoms with E-state index >= 15 is 0 Å². The molecule has 18 heavy (non-hydrogen) atoms. The lowest BCUT2D eigenvalue weighted by atomic mass is 9.90. The van der Waals surface area contributed by atoms with Gasteiger partial charge in [0.25, 0.3) is 0 Å². The third kappa shape index (κ3) is 1.74. The topological polar surface area (TPSA) is 77.0 Å². The molecule has 1 aliphatic carbocycles. The fourth-order valence-corrected chi connectivity index (χ4v) is 2.11. The Morgan fingerprint density at radius 2 is 2.17 bits per heavy atom. The van der Waals surface area contributed by atoms with Crippen molar-refractivity contribution in [1.29, 1.82) is 0 Å². The van der Waals surface area contributed by atoms with Crippen molar-refractivity contribution in [3.05, 3.63) is 30.3 Å². The van der Waals surface area contributed by atoms with E-state index in [9.17, 15) is 9.50 Å². The molecule has 1 saturated carbocycles. The van der Waals surface area contributed by atoms with Crippen molar-refractivity contribution in [1.82, 2.24) is 14.8 Å². The molecule has 0 aliphatic heterocycles. The highest BCUT2D eigenvalue weighted by Crippen LogP contribution is 2.34. The summed E-state index contributed by atoms with van der Waals surface area (Å²) in [7, 11) is 0. The summed E-state index contributed by atoms with van der Waals surface area (Å²) < 4.78 is 15.3. The number of nitrogens with two attached hydrogens (primary N) is 1. The number of pyridine rings is 1. The molecule has 0 bridgehead atoms. The van der Waals surface area contributed by atoms with Gasteiger partial charge in [0.2, 0.25) is 0 Å². The quantitative estimate of drug-likeness (QED) is 0.841. The summed E-state index contributed by atoms with van der Waals surface area (Å²) in [5, 5.41) is 13.5. The number of hydrogen-bond donors (Lipinski definition) is 2. The minimum absolute atomic E-state index is 0.142. The molecule has 3 N–H and O–H groups in total. The third-order valence-electron chi connectivity index (χ3n) is 3.21. The third-order valence-corrected chi connectivity index (χ3v) is 3.21. The van der Waals surface area contributed by atoms with Crippen LogP contribution in [-0.2, 0) is 0 Å². The molecule has 3 rings (SSSR count). The minimum Gasteiger partial charge on any atom is -0.396 e. The van der Waals surface area contributed by atoms with E-state index in [4.69, 9.17) is 5.73 Å². The highest BCUT2D eigenvalue weighted by Gasteiger charge is 2.30. The van der Waals surface area contributed by atoms with E-state index in [0.29, 0.717) is 24.2 Å². The van der Waals surface area contributed by atoms with Crippen molar-refractivity contribution in [2.75, 3.05) is 5.73 Å². The summed E-state index contributed by atoms with van der Waals surface area (Å²) in [6.45, 7) is 0. The lowest BCUT2D eigenvalue weighted by molar-refractivity contribution is 0.0435. The van der Waals surface area contributed by atoms with Crippen LogP contribution in [0.2, 0.25) is 0 Å². The highest BCUT2D eigenvalue weighted by molar-refractivity contribution is 5.69. The fraction of sp³-hybridized carbons (Fsp3) is 0.333. The maximum Gasteiger partial charge on any atom is 0.151 e. The van der Waals surface area contributed by atoms with Gasteiger partial charge in [-0.15, -0.1) is 0 Å². The predicted molar refractivity (Wildman–Crippen MR) is 64.1 cm³/mol. The molecule has 2 aromatic heterocycles. The Hall–Kier alpha value is -1.95. The normalized spacial score (nSPS) is 22.8. The van der Waals surface area contributed by atoms with Gasteiger partial charge in [-0.2, -0.15) is 5.10 Å². The van der Waals surface area contributed by atoms with E-state index in [1.54, 1.807) is 10.9 Å². The molecule has 0 aromatic carbocycles. The van der Waals surface area contributed by atoms with Gasteiger partial charge < -0.3 is 10.8 Å². The van der Waals surface area contributed by atoms with Crippen LogP contribution in [0.5, 0.6) is 0 Å². The van der Waals surface area contributed by atoms with Crippen LogP contribution in [-0.4, -0.2) is 26.0 Å². The number of nitrogens with zero attached hydrogens (tertiary/aromatic N) is 3. The van der Waals surface area contributed by atoms with Gasteiger partial charge in [0.05, 0.1) is 17.8 Å². The summed E-state index contributed by atoms with van der Waals surface area (Å²) in [5.74, 6) is -0.442. The molecule has 2 heterocycles. The first kappa shape index (κ1) is 11.2. The standard InChI is InChI=1S/C12H13FN4O/c13-9-2-1-3-15-11(9)12-10(14)6-17(16-12)7-4-8(18)5-7/h1-3,6-8,18H,4-5,14H2. The average molecular weight is 248 g/mol. The molecule has 1 fully saturated rings. The van der Waals surface area contributed by atoms with E-state index in [0.717, 1.165) is 0 Å². The first-order valence-electron chi connectivity index (χ1n) is 5.78. The monoisotopic (exact) mass is 248 g/mol. The largest absolute Gasteiger partial charge is 0.396 e. The molecular formula is C12H13FN4O. The molecule has 2 aromatic rings. The highest BCUT2D eigenvalue weighted by atomic mass is 19.1. The van der Waals surface area contributed by atoms with Crippen LogP contribution in [0.4, 0.5) is 10.1 Å². The molecule has 94 valence electrons. The van der Waals surface area contributed by atoms with Gasteiger partial charge in [0, 0.05) is 12.4 Å². The fourth-order valence-electron chi connectivity index (χ4n) is 2.11. The molecule has 0 atom stereocenters.